The minimum Gasteiger partial charge on any atom is -0.462 e. The van der Waals surface area contributed by atoms with Crippen molar-refractivity contribution in [2.75, 3.05) is 33.4 Å². The molecule has 30 heavy (non-hydrogen) atoms. The molecule has 0 saturated carbocycles. The van der Waals surface area contributed by atoms with E-state index in [4.69, 9.17) is 14.2 Å². The van der Waals surface area contributed by atoms with Gasteiger partial charge in [0, 0.05) is 37.6 Å². The van der Waals surface area contributed by atoms with Gasteiger partial charge in [-0.25, -0.2) is 9.59 Å². The Morgan fingerprint density at radius 2 is 2.10 bits per heavy atom. The maximum Gasteiger partial charge on any atom is 0.338 e. The van der Waals surface area contributed by atoms with Crippen molar-refractivity contribution in [3.63, 3.8) is 0 Å². The zero-order valence-electron chi connectivity index (χ0n) is 17.8. The largest absolute Gasteiger partial charge is 0.462 e. The number of esters is 3. The standard InChI is InChI=1S/C21H29NO8/c1-13-11-15(7-10-28-14(2)23)19(25)30-17-6-9-22(4)8-5-16(18(17)24)12-29-20(26)21(13,3)27/h5,7,13,17,27H,6,8-12H2,1-4H3/t13-,17-,21-/m1/s1. The van der Waals surface area contributed by atoms with Crippen LogP contribution < -0.4 is 0 Å². The number of nitrogens with zero attached hydrogens (tertiary/aromatic N) is 1. The van der Waals surface area contributed by atoms with Gasteiger partial charge in [-0.05, 0) is 32.4 Å². The number of carbonyl (C=O) groups is 4. The highest BCUT2D eigenvalue weighted by molar-refractivity contribution is 6.01. The van der Waals surface area contributed by atoms with Crippen LogP contribution in [0.1, 0.15) is 33.6 Å². The Hall–Kier alpha value is -2.52. The van der Waals surface area contributed by atoms with Crippen LogP contribution in [-0.4, -0.2) is 78.8 Å². The maximum atomic E-state index is 12.9. The third-order valence-corrected chi connectivity index (χ3v) is 5.42. The number of likely N-dealkylation sites (N-methyl/N-ethyl adjacent to an activating group) is 1. The van der Waals surface area contributed by atoms with E-state index in [0.29, 0.717) is 13.1 Å². The number of aliphatic hydroxyl groups is 1. The summed E-state index contributed by atoms with van der Waals surface area (Å²) in [6.45, 7) is 4.65. The van der Waals surface area contributed by atoms with Gasteiger partial charge in [0.05, 0.1) is 0 Å². The first kappa shape index (κ1) is 23.8. The number of carbonyl (C=O) groups excluding carboxylic acids is 4. The zero-order valence-corrected chi connectivity index (χ0v) is 17.8. The molecule has 2 aliphatic rings. The average Bonchev–Trinajstić information content (AvgIpc) is 2.67. The summed E-state index contributed by atoms with van der Waals surface area (Å²) < 4.78 is 15.6. The molecule has 0 amide bonds. The van der Waals surface area contributed by atoms with Gasteiger partial charge in [0.15, 0.2) is 11.7 Å². The molecular formula is C21H29NO8. The van der Waals surface area contributed by atoms with E-state index in [1.807, 2.05) is 11.9 Å². The molecule has 2 bridgehead atoms. The smallest absolute Gasteiger partial charge is 0.338 e. The molecule has 1 saturated heterocycles. The fourth-order valence-electron chi connectivity index (χ4n) is 3.11. The highest BCUT2D eigenvalue weighted by Gasteiger charge is 2.41. The molecule has 0 radical (unpaired) electrons. The number of cyclic esters (lactones) is 1. The second-order valence-corrected chi connectivity index (χ2v) is 7.90. The van der Waals surface area contributed by atoms with Crippen molar-refractivity contribution in [3.05, 3.63) is 23.3 Å². The van der Waals surface area contributed by atoms with E-state index < -0.39 is 41.3 Å². The highest BCUT2D eigenvalue weighted by atomic mass is 16.6. The van der Waals surface area contributed by atoms with Crippen molar-refractivity contribution >= 4 is 23.7 Å². The first-order chi connectivity index (χ1) is 14.0. The SMILES string of the molecule is CC(=O)OCC=C1C[C@@H](C)[C@@](C)(O)C(=O)OCC2=CCN(C)CC[C@@H](OC1=O)C2=O. The Balaban J connectivity index is 2.42. The number of Topliss-reactive ketones (excluding diaryl/α,β-unsaturated/α-hetero) is 1. The summed E-state index contributed by atoms with van der Waals surface area (Å²) in [7, 11) is 1.86. The summed E-state index contributed by atoms with van der Waals surface area (Å²) in [6.07, 6.45) is 2.22. The van der Waals surface area contributed by atoms with Gasteiger partial charge in [-0.3, -0.25) is 9.59 Å². The van der Waals surface area contributed by atoms with Gasteiger partial charge in [0.2, 0.25) is 5.78 Å². The van der Waals surface area contributed by atoms with Crippen LogP contribution in [0.5, 0.6) is 0 Å². The highest BCUT2D eigenvalue weighted by Crippen LogP contribution is 2.28. The van der Waals surface area contributed by atoms with Crippen LogP contribution in [0.15, 0.2) is 23.3 Å². The van der Waals surface area contributed by atoms with Crippen LogP contribution in [0.25, 0.3) is 0 Å². The molecular weight excluding hydrogens is 394 g/mol. The molecule has 0 aromatic rings. The van der Waals surface area contributed by atoms with E-state index in [0.717, 1.165) is 0 Å². The van der Waals surface area contributed by atoms with E-state index in [2.05, 4.69) is 0 Å². The predicted octanol–water partition coefficient (Wildman–Crippen LogP) is 0.553. The second-order valence-electron chi connectivity index (χ2n) is 7.90. The zero-order chi connectivity index (χ0) is 22.5. The van der Waals surface area contributed by atoms with Crippen LogP contribution in [0.2, 0.25) is 0 Å². The molecule has 0 aromatic carbocycles. The maximum absolute atomic E-state index is 12.9. The molecule has 9 nitrogen and oxygen atoms in total. The van der Waals surface area contributed by atoms with E-state index in [1.54, 1.807) is 13.0 Å². The van der Waals surface area contributed by atoms with Gasteiger partial charge in [0.1, 0.15) is 13.2 Å². The van der Waals surface area contributed by atoms with Crippen molar-refractivity contribution in [2.45, 2.75) is 45.3 Å². The molecule has 3 atom stereocenters. The Bertz CT molecular complexity index is 767. The Morgan fingerprint density at radius 1 is 1.40 bits per heavy atom. The van der Waals surface area contributed by atoms with E-state index in [9.17, 15) is 24.3 Å². The van der Waals surface area contributed by atoms with Crippen LogP contribution in [0, 0.1) is 5.92 Å². The molecule has 1 fully saturated rings. The normalized spacial score (nSPS) is 30.8. The van der Waals surface area contributed by atoms with Crippen molar-refractivity contribution in [3.8, 4) is 0 Å². The number of ether oxygens (including phenoxy) is 3. The van der Waals surface area contributed by atoms with Crippen molar-refractivity contribution in [1.82, 2.24) is 4.90 Å². The summed E-state index contributed by atoms with van der Waals surface area (Å²) in [5, 5.41) is 10.7. The van der Waals surface area contributed by atoms with E-state index in [-0.39, 0.29) is 37.2 Å². The fraction of sp³-hybridized carbons (Fsp3) is 0.619. The average molecular weight is 423 g/mol. The fourth-order valence-corrected chi connectivity index (χ4v) is 3.11. The molecule has 0 unspecified atom stereocenters. The van der Waals surface area contributed by atoms with Crippen LogP contribution in [-0.2, 0) is 33.4 Å². The molecule has 2 rings (SSSR count). The predicted molar refractivity (Wildman–Crippen MR) is 105 cm³/mol. The van der Waals surface area contributed by atoms with Gasteiger partial charge < -0.3 is 24.2 Å². The Kier molecular flexibility index (Phi) is 7.91. The Labute approximate surface area is 175 Å². The molecule has 2 aliphatic heterocycles. The molecule has 9 heteroatoms. The van der Waals surface area contributed by atoms with Gasteiger partial charge in [-0.2, -0.15) is 0 Å². The number of ketones is 1. The van der Waals surface area contributed by atoms with Crippen LogP contribution >= 0.6 is 0 Å². The summed E-state index contributed by atoms with van der Waals surface area (Å²) >= 11 is 0. The number of hydrogen-bond donors (Lipinski definition) is 1. The molecule has 0 aromatic heterocycles. The number of fused-ring (bicyclic) bond motifs is 2. The minimum atomic E-state index is -1.90. The van der Waals surface area contributed by atoms with Crippen molar-refractivity contribution in [1.29, 1.82) is 0 Å². The lowest BCUT2D eigenvalue weighted by Gasteiger charge is -2.31. The third kappa shape index (κ3) is 5.99. The van der Waals surface area contributed by atoms with Gasteiger partial charge in [0.25, 0.3) is 0 Å². The summed E-state index contributed by atoms with van der Waals surface area (Å²) in [5.41, 5.74) is -1.59. The molecule has 1 N–H and O–H groups in total. The quantitative estimate of drug-likeness (QED) is 0.386. The van der Waals surface area contributed by atoms with Crippen LogP contribution in [0.3, 0.4) is 0 Å². The summed E-state index contributed by atoms with van der Waals surface area (Å²) in [4.78, 5) is 51.3. The minimum absolute atomic E-state index is 0.0360. The lowest BCUT2D eigenvalue weighted by Crippen LogP contribution is -2.45. The third-order valence-electron chi connectivity index (χ3n) is 5.42. The first-order valence-electron chi connectivity index (χ1n) is 9.87. The Morgan fingerprint density at radius 3 is 2.77 bits per heavy atom. The molecule has 2 heterocycles. The summed E-state index contributed by atoms with van der Waals surface area (Å²) in [5.74, 6) is -3.30. The monoisotopic (exact) mass is 423 g/mol. The lowest BCUT2D eigenvalue weighted by molar-refractivity contribution is -0.169. The molecule has 0 spiro atoms. The summed E-state index contributed by atoms with van der Waals surface area (Å²) in [6, 6.07) is 0. The van der Waals surface area contributed by atoms with Crippen molar-refractivity contribution < 1.29 is 38.5 Å². The van der Waals surface area contributed by atoms with E-state index >= 15 is 0 Å². The molecule has 0 aliphatic carbocycles. The first-order valence-corrected chi connectivity index (χ1v) is 9.87. The van der Waals surface area contributed by atoms with Gasteiger partial charge >= 0.3 is 17.9 Å². The van der Waals surface area contributed by atoms with Gasteiger partial charge in [-0.15, -0.1) is 0 Å². The second kappa shape index (κ2) is 9.99. The van der Waals surface area contributed by atoms with Crippen molar-refractivity contribution in [2.24, 2.45) is 5.92 Å². The van der Waals surface area contributed by atoms with Crippen LogP contribution in [0.4, 0.5) is 0 Å². The number of rotatable bonds is 2. The van der Waals surface area contributed by atoms with E-state index in [1.165, 1.54) is 19.9 Å². The van der Waals surface area contributed by atoms with Gasteiger partial charge in [-0.1, -0.05) is 13.0 Å². The molecule has 166 valence electrons. The topological polar surface area (TPSA) is 119 Å². The number of hydrogen-bond acceptors (Lipinski definition) is 9. The lowest BCUT2D eigenvalue weighted by atomic mass is 9.85.